The molecule has 1 aromatic rings. The van der Waals surface area contributed by atoms with Crippen LogP contribution < -0.4 is 0 Å². The molecule has 1 aromatic heterocycles. The van der Waals surface area contributed by atoms with Crippen LogP contribution in [0.2, 0.25) is 0 Å². The van der Waals surface area contributed by atoms with Crippen LogP contribution >= 0.6 is 11.3 Å². The van der Waals surface area contributed by atoms with E-state index in [4.69, 9.17) is 0 Å². The number of aromatic nitrogens is 1. The highest BCUT2D eigenvalue weighted by Crippen LogP contribution is 2.35. The number of halogens is 5. The molecular weight excluding hydrogens is 303 g/mol. The summed E-state index contributed by atoms with van der Waals surface area (Å²) >= 11 is 0.916. The first-order valence-corrected chi connectivity index (χ1v) is 6.76. The Labute approximate surface area is 115 Å². The molecule has 1 saturated heterocycles. The largest absolute Gasteiger partial charge is 0.434 e. The summed E-state index contributed by atoms with van der Waals surface area (Å²) in [5, 5.41) is 1.30. The maximum absolute atomic E-state index is 12.4. The molecule has 9 heteroatoms. The summed E-state index contributed by atoms with van der Waals surface area (Å²) in [6.45, 7) is 0.240. The van der Waals surface area contributed by atoms with Gasteiger partial charge >= 0.3 is 12.6 Å². The van der Waals surface area contributed by atoms with E-state index in [0.29, 0.717) is 17.8 Å². The van der Waals surface area contributed by atoms with E-state index >= 15 is 0 Å². The minimum absolute atomic E-state index is 0.120. The summed E-state index contributed by atoms with van der Waals surface area (Å²) < 4.78 is 61.8. The van der Waals surface area contributed by atoms with E-state index in [0.717, 1.165) is 21.6 Å². The van der Waals surface area contributed by atoms with Gasteiger partial charge in [-0.1, -0.05) is 0 Å². The summed E-state index contributed by atoms with van der Waals surface area (Å²) in [6.07, 6.45) is -6.81. The smallest absolute Gasteiger partial charge is 0.338 e. The first-order valence-electron chi connectivity index (χ1n) is 5.88. The maximum atomic E-state index is 12.4. The zero-order valence-electron chi connectivity index (χ0n) is 10.2. The van der Waals surface area contributed by atoms with E-state index in [1.807, 2.05) is 0 Å². The molecule has 0 bridgehead atoms. The molecule has 1 fully saturated rings. The molecule has 2 rings (SSSR count). The van der Waals surface area contributed by atoms with E-state index in [1.165, 1.54) is 0 Å². The van der Waals surface area contributed by atoms with Crippen molar-refractivity contribution in [2.75, 3.05) is 13.1 Å². The highest BCUT2D eigenvalue weighted by Gasteiger charge is 2.35. The second-order valence-corrected chi connectivity index (χ2v) is 5.36. The van der Waals surface area contributed by atoms with Gasteiger partial charge in [0.2, 0.25) is 0 Å². The lowest BCUT2D eigenvalue weighted by Gasteiger charge is -2.30. The summed E-state index contributed by atoms with van der Waals surface area (Å²) in [5.74, 6) is -1.43. The number of nitrogens with zero attached hydrogens (tertiary/aromatic N) is 2. The molecular formula is C11H11F5N2OS. The van der Waals surface area contributed by atoms with Crippen molar-refractivity contribution in [1.82, 2.24) is 9.88 Å². The van der Waals surface area contributed by atoms with Crippen molar-refractivity contribution in [1.29, 1.82) is 0 Å². The van der Waals surface area contributed by atoms with Gasteiger partial charge in [0.1, 0.15) is 0 Å². The molecule has 0 radical (unpaired) electrons. The fourth-order valence-corrected chi connectivity index (χ4v) is 3.09. The fraction of sp³-hybridized carbons (Fsp3) is 0.636. The molecule has 0 aliphatic carbocycles. The number of likely N-dealkylation sites (tertiary alicyclic amines) is 1. The van der Waals surface area contributed by atoms with Gasteiger partial charge < -0.3 is 4.90 Å². The van der Waals surface area contributed by atoms with Crippen LogP contribution in [0.25, 0.3) is 0 Å². The second-order valence-electron chi connectivity index (χ2n) is 4.47. The predicted molar refractivity (Wildman–Crippen MR) is 61.7 cm³/mol. The van der Waals surface area contributed by atoms with Crippen LogP contribution in [0, 0.1) is 0 Å². The number of alkyl halides is 5. The number of carbonyl (C=O) groups is 1. The maximum Gasteiger partial charge on any atom is 0.434 e. The van der Waals surface area contributed by atoms with Gasteiger partial charge in [-0.25, -0.2) is 4.98 Å². The molecule has 0 saturated carbocycles. The minimum atomic E-state index is -4.47. The summed E-state index contributed by atoms with van der Waals surface area (Å²) in [4.78, 5) is 15.7. The van der Waals surface area contributed by atoms with E-state index in [-0.39, 0.29) is 19.0 Å². The third kappa shape index (κ3) is 3.25. The summed E-state index contributed by atoms with van der Waals surface area (Å²) in [5.41, 5.74) is -0.927. The van der Waals surface area contributed by atoms with Crippen LogP contribution in [-0.2, 0) is 11.0 Å². The Bertz CT molecular complexity index is 479. The molecule has 1 amide bonds. The minimum Gasteiger partial charge on any atom is -0.338 e. The van der Waals surface area contributed by atoms with Crippen molar-refractivity contribution in [2.24, 2.45) is 0 Å². The Balaban J connectivity index is 1.97. The Kier molecular flexibility index (Phi) is 4.26. The van der Waals surface area contributed by atoms with E-state index in [9.17, 15) is 26.7 Å². The van der Waals surface area contributed by atoms with Crippen molar-refractivity contribution in [3.63, 3.8) is 0 Å². The number of hydrogen-bond acceptors (Lipinski definition) is 3. The zero-order chi connectivity index (χ0) is 14.9. The van der Waals surface area contributed by atoms with Crippen molar-refractivity contribution in [2.45, 2.75) is 31.4 Å². The van der Waals surface area contributed by atoms with Gasteiger partial charge in [0.25, 0.3) is 5.91 Å². The standard InChI is InChI=1S/C11H11F5N2OS/c12-8(13)10(19)18-3-1-6(2-4-18)9-17-7(5-20-9)11(14,15)16/h5-6,8H,1-4H2. The number of piperidine rings is 1. The van der Waals surface area contributed by atoms with Gasteiger partial charge in [-0.05, 0) is 12.8 Å². The Morgan fingerprint density at radius 2 is 1.95 bits per heavy atom. The highest BCUT2D eigenvalue weighted by atomic mass is 32.1. The predicted octanol–water partition coefficient (Wildman–Crippen LogP) is 3.13. The molecule has 112 valence electrons. The van der Waals surface area contributed by atoms with E-state index < -0.39 is 24.2 Å². The van der Waals surface area contributed by atoms with Crippen LogP contribution in [0.3, 0.4) is 0 Å². The quantitative estimate of drug-likeness (QED) is 0.786. The first-order chi connectivity index (χ1) is 9.29. The molecule has 0 spiro atoms. The molecule has 1 aliphatic rings. The third-order valence-corrected chi connectivity index (χ3v) is 4.16. The third-order valence-electron chi connectivity index (χ3n) is 3.15. The molecule has 3 nitrogen and oxygen atoms in total. The van der Waals surface area contributed by atoms with Gasteiger partial charge in [0.15, 0.2) is 5.69 Å². The lowest BCUT2D eigenvalue weighted by Crippen LogP contribution is -2.41. The van der Waals surface area contributed by atoms with Gasteiger partial charge in [0, 0.05) is 24.4 Å². The van der Waals surface area contributed by atoms with Gasteiger partial charge in [-0.3, -0.25) is 4.79 Å². The summed E-state index contributed by atoms with van der Waals surface area (Å²) in [7, 11) is 0. The Morgan fingerprint density at radius 3 is 2.40 bits per heavy atom. The monoisotopic (exact) mass is 314 g/mol. The average molecular weight is 314 g/mol. The van der Waals surface area contributed by atoms with Crippen LogP contribution in [0.1, 0.15) is 29.5 Å². The van der Waals surface area contributed by atoms with E-state index in [2.05, 4.69) is 4.98 Å². The molecule has 1 aliphatic heterocycles. The van der Waals surface area contributed by atoms with Crippen LogP contribution in [0.4, 0.5) is 22.0 Å². The van der Waals surface area contributed by atoms with Gasteiger partial charge in [-0.2, -0.15) is 22.0 Å². The highest BCUT2D eigenvalue weighted by molar-refractivity contribution is 7.09. The van der Waals surface area contributed by atoms with E-state index in [1.54, 1.807) is 0 Å². The molecule has 0 aromatic carbocycles. The van der Waals surface area contributed by atoms with Gasteiger partial charge in [-0.15, -0.1) is 11.3 Å². The average Bonchev–Trinajstić information content (AvgIpc) is 2.87. The Morgan fingerprint density at radius 1 is 1.35 bits per heavy atom. The molecule has 20 heavy (non-hydrogen) atoms. The van der Waals surface area contributed by atoms with Crippen molar-refractivity contribution >= 4 is 17.2 Å². The molecule has 2 heterocycles. The van der Waals surface area contributed by atoms with Gasteiger partial charge in [0.05, 0.1) is 5.01 Å². The zero-order valence-corrected chi connectivity index (χ0v) is 11.0. The number of hydrogen-bond donors (Lipinski definition) is 0. The van der Waals surface area contributed by atoms with Crippen LogP contribution in [-0.4, -0.2) is 35.3 Å². The normalized spacial score (nSPS) is 17.8. The lowest BCUT2D eigenvalue weighted by atomic mass is 9.97. The lowest BCUT2D eigenvalue weighted by molar-refractivity contribution is -0.143. The Hall–Kier alpha value is -1.25. The summed E-state index contributed by atoms with van der Waals surface area (Å²) in [6, 6.07) is 0. The molecule has 0 N–H and O–H groups in total. The fourth-order valence-electron chi connectivity index (χ4n) is 2.09. The number of amides is 1. The molecule has 0 atom stereocenters. The van der Waals surface area contributed by atoms with Crippen molar-refractivity contribution in [3.8, 4) is 0 Å². The first kappa shape index (κ1) is 15.1. The number of thiazole rings is 1. The molecule has 0 unspecified atom stereocenters. The van der Waals surface area contributed by atoms with Crippen molar-refractivity contribution in [3.05, 3.63) is 16.1 Å². The number of carbonyl (C=O) groups excluding carboxylic acids is 1. The van der Waals surface area contributed by atoms with Crippen LogP contribution in [0.15, 0.2) is 5.38 Å². The SMILES string of the molecule is O=C(C(F)F)N1CCC(c2nc(C(F)(F)F)cs2)CC1. The number of rotatable bonds is 2. The van der Waals surface area contributed by atoms with Crippen LogP contribution in [0.5, 0.6) is 0 Å². The topological polar surface area (TPSA) is 33.2 Å². The van der Waals surface area contributed by atoms with Crippen molar-refractivity contribution < 1.29 is 26.7 Å². The second kappa shape index (κ2) is 5.63.